The number of primary amides is 1. The molecule has 0 aliphatic heterocycles. The number of ether oxygens (including phenoxy) is 1. The summed E-state index contributed by atoms with van der Waals surface area (Å²) < 4.78 is 44.0. The first-order chi connectivity index (χ1) is 10.2. The summed E-state index contributed by atoms with van der Waals surface area (Å²) in [6, 6.07) is 6.50. The van der Waals surface area contributed by atoms with Gasteiger partial charge in [0.25, 0.3) is 5.91 Å². The van der Waals surface area contributed by atoms with Gasteiger partial charge in [0.2, 0.25) is 0 Å². The quantitative estimate of drug-likeness (QED) is 0.947. The Kier molecular flexibility index (Phi) is 4.07. The van der Waals surface area contributed by atoms with Crippen molar-refractivity contribution < 1.29 is 22.7 Å². The maximum Gasteiger partial charge on any atom is 0.419 e. The number of nitrogens with zero attached hydrogens (tertiary/aromatic N) is 1. The molecule has 1 amide bonds. The number of hydrogen-bond donors (Lipinski definition) is 1. The van der Waals surface area contributed by atoms with Crippen LogP contribution in [0, 0.1) is 6.92 Å². The van der Waals surface area contributed by atoms with Crippen molar-refractivity contribution in [2.45, 2.75) is 13.1 Å². The lowest BCUT2D eigenvalue weighted by Crippen LogP contribution is -2.14. The van der Waals surface area contributed by atoms with Gasteiger partial charge in [0, 0.05) is 11.3 Å². The monoisotopic (exact) mass is 310 g/mol. The first-order valence-corrected chi connectivity index (χ1v) is 6.27. The van der Waals surface area contributed by atoms with Crippen LogP contribution < -0.4 is 10.5 Å². The fraction of sp³-hybridized carbons (Fsp3) is 0.200. The highest BCUT2D eigenvalue weighted by Crippen LogP contribution is 2.38. The van der Waals surface area contributed by atoms with Crippen molar-refractivity contribution in [2.75, 3.05) is 7.11 Å². The van der Waals surface area contributed by atoms with E-state index in [0.29, 0.717) is 5.69 Å². The van der Waals surface area contributed by atoms with E-state index in [1.807, 2.05) is 0 Å². The summed E-state index contributed by atoms with van der Waals surface area (Å²) in [4.78, 5) is 15.6. The van der Waals surface area contributed by atoms with Crippen LogP contribution in [0.25, 0.3) is 11.3 Å². The zero-order chi connectivity index (χ0) is 16.5. The highest BCUT2D eigenvalue weighted by atomic mass is 19.4. The van der Waals surface area contributed by atoms with Crippen LogP contribution in [-0.2, 0) is 6.18 Å². The van der Waals surface area contributed by atoms with Crippen molar-refractivity contribution in [1.82, 2.24) is 4.98 Å². The van der Waals surface area contributed by atoms with Crippen LogP contribution in [0.4, 0.5) is 13.2 Å². The molecule has 7 heteroatoms. The second-order valence-electron chi connectivity index (χ2n) is 4.63. The molecule has 4 nitrogen and oxygen atoms in total. The summed E-state index contributed by atoms with van der Waals surface area (Å²) in [6.07, 6.45) is -4.59. The van der Waals surface area contributed by atoms with Gasteiger partial charge in [0.1, 0.15) is 5.75 Å². The average Bonchev–Trinajstić information content (AvgIpc) is 2.45. The van der Waals surface area contributed by atoms with Crippen molar-refractivity contribution in [2.24, 2.45) is 5.73 Å². The standard InChI is InChI=1S/C15H13F3N2O2/c1-8-3-5-10(14(19)21)13(20-8)9-4-6-12(22-2)11(7-9)15(16,17)18/h3-7H,1-2H3,(H2,19,21). The summed E-state index contributed by atoms with van der Waals surface area (Å²) in [7, 11) is 1.16. The molecule has 22 heavy (non-hydrogen) atoms. The minimum atomic E-state index is -4.59. The number of amides is 1. The maximum absolute atomic E-state index is 13.1. The maximum atomic E-state index is 13.1. The van der Waals surface area contributed by atoms with Gasteiger partial charge < -0.3 is 10.5 Å². The molecular weight excluding hydrogens is 297 g/mol. The largest absolute Gasteiger partial charge is 0.496 e. The number of nitrogens with two attached hydrogens (primary N) is 1. The van der Waals surface area contributed by atoms with Crippen LogP contribution in [0.2, 0.25) is 0 Å². The molecule has 2 N–H and O–H groups in total. The Bertz CT molecular complexity index is 727. The van der Waals surface area contributed by atoms with Crippen molar-refractivity contribution in [3.8, 4) is 17.0 Å². The van der Waals surface area contributed by atoms with Gasteiger partial charge in [-0.05, 0) is 37.3 Å². The van der Waals surface area contributed by atoms with E-state index in [-0.39, 0.29) is 22.6 Å². The van der Waals surface area contributed by atoms with E-state index < -0.39 is 17.6 Å². The third-order valence-corrected chi connectivity index (χ3v) is 3.08. The van der Waals surface area contributed by atoms with Crippen LogP contribution in [0.3, 0.4) is 0 Å². The zero-order valence-corrected chi connectivity index (χ0v) is 11.9. The van der Waals surface area contributed by atoms with Gasteiger partial charge in [-0.2, -0.15) is 13.2 Å². The van der Waals surface area contributed by atoms with Gasteiger partial charge in [-0.1, -0.05) is 0 Å². The van der Waals surface area contributed by atoms with E-state index in [4.69, 9.17) is 10.5 Å². The van der Waals surface area contributed by atoms with E-state index in [1.165, 1.54) is 18.2 Å². The number of aryl methyl sites for hydroxylation is 1. The topological polar surface area (TPSA) is 65.2 Å². The van der Waals surface area contributed by atoms with Crippen LogP contribution in [-0.4, -0.2) is 18.0 Å². The number of pyridine rings is 1. The number of aromatic nitrogens is 1. The number of benzene rings is 1. The molecule has 0 radical (unpaired) electrons. The fourth-order valence-corrected chi connectivity index (χ4v) is 2.05. The van der Waals surface area contributed by atoms with Crippen LogP contribution in [0.1, 0.15) is 21.6 Å². The Hall–Kier alpha value is -2.57. The molecule has 2 rings (SSSR count). The van der Waals surface area contributed by atoms with E-state index >= 15 is 0 Å². The van der Waals surface area contributed by atoms with E-state index in [9.17, 15) is 18.0 Å². The van der Waals surface area contributed by atoms with E-state index in [2.05, 4.69) is 4.98 Å². The number of rotatable bonds is 3. The van der Waals surface area contributed by atoms with E-state index in [1.54, 1.807) is 13.0 Å². The summed E-state index contributed by atoms with van der Waals surface area (Å²) >= 11 is 0. The minimum absolute atomic E-state index is 0.0592. The predicted molar refractivity (Wildman–Crippen MR) is 74.5 cm³/mol. The summed E-state index contributed by atoms with van der Waals surface area (Å²) in [6.45, 7) is 1.67. The first-order valence-electron chi connectivity index (χ1n) is 6.27. The predicted octanol–water partition coefficient (Wildman–Crippen LogP) is 3.18. The SMILES string of the molecule is COc1ccc(-c2nc(C)ccc2C(N)=O)cc1C(F)(F)F. The highest BCUT2D eigenvalue weighted by molar-refractivity contribution is 5.98. The lowest BCUT2D eigenvalue weighted by molar-refractivity contribution is -0.138. The molecule has 0 fully saturated rings. The summed E-state index contributed by atoms with van der Waals surface area (Å²) in [5.74, 6) is -1.06. The molecule has 0 aliphatic carbocycles. The third kappa shape index (κ3) is 3.03. The molecule has 0 unspecified atom stereocenters. The van der Waals surface area contributed by atoms with Crippen LogP contribution in [0.5, 0.6) is 5.75 Å². The van der Waals surface area contributed by atoms with Crippen LogP contribution >= 0.6 is 0 Å². The molecule has 1 aromatic heterocycles. The lowest BCUT2D eigenvalue weighted by Gasteiger charge is -2.14. The van der Waals surface area contributed by atoms with Gasteiger partial charge >= 0.3 is 6.18 Å². The third-order valence-electron chi connectivity index (χ3n) is 3.08. The lowest BCUT2D eigenvalue weighted by atomic mass is 10.0. The molecule has 0 spiro atoms. The molecule has 0 atom stereocenters. The van der Waals surface area contributed by atoms with Gasteiger partial charge in [-0.25, -0.2) is 0 Å². The fourth-order valence-electron chi connectivity index (χ4n) is 2.05. The Morgan fingerprint density at radius 1 is 1.23 bits per heavy atom. The Balaban J connectivity index is 2.69. The van der Waals surface area contributed by atoms with Gasteiger partial charge in [-0.15, -0.1) is 0 Å². The van der Waals surface area contributed by atoms with Crippen molar-refractivity contribution in [1.29, 1.82) is 0 Å². The summed E-state index contributed by atoms with van der Waals surface area (Å²) in [5.41, 5.74) is 5.19. The molecule has 0 saturated carbocycles. The molecule has 0 saturated heterocycles. The molecule has 116 valence electrons. The smallest absolute Gasteiger partial charge is 0.419 e. The van der Waals surface area contributed by atoms with Gasteiger partial charge in [0.15, 0.2) is 0 Å². The number of carbonyl (C=O) groups excluding carboxylic acids is 1. The Morgan fingerprint density at radius 3 is 2.45 bits per heavy atom. The van der Waals surface area contributed by atoms with Crippen LogP contribution in [0.15, 0.2) is 30.3 Å². The second kappa shape index (κ2) is 5.67. The molecule has 0 bridgehead atoms. The normalized spacial score (nSPS) is 11.3. The molecule has 0 aliphatic rings. The molecule has 1 aromatic carbocycles. The van der Waals surface area contributed by atoms with Crippen molar-refractivity contribution in [3.05, 3.63) is 47.2 Å². The number of methoxy groups -OCH3 is 1. The number of halogens is 3. The average molecular weight is 310 g/mol. The number of hydrogen-bond acceptors (Lipinski definition) is 3. The number of alkyl halides is 3. The van der Waals surface area contributed by atoms with Gasteiger partial charge in [0.05, 0.1) is 23.9 Å². The minimum Gasteiger partial charge on any atom is -0.496 e. The first kappa shape index (κ1) is 15.8. The van der Waals surface area contributed by atoms with E-state index in [0.717, 1.165) is 13.2 Å². The highest BCUT2D eigenvalue weighted by Gasteiger charge is 2.35. The molecular formula is C15H13F3N2O2. The molecule has 2 aromatic rings. The van der Waals surface area contributed by atoms with Crippen molar-refractivity contribution >= 4 is 5.91 Å². The Morgan fingerprint density at radius 2 is 1.91 bits per heavy atom. The van der Waals surface area contributed by atoms with Gasteiger partial charge in [-0.3, -0.25) is 9.78 Å². The summed E-state index contributed by atoms with van der Waals surface area (Å²) in [5, 5.41) is 0. The zero-order valence-electron chi connectivity index (χ0n) is 11.9. The second-order valence-corrected chi connectivity index (χ2v) is 4.63. The molecule has 1 heterocycles. The van der Waals surface area contributed by atoms with Crippen molar-refractivity contribution in [3.63, 3.8) is 0 Å². The number of carbonyl (C=O) groups is 1. The Labute approximate surface area is 124 Å².